The van der Waals surface area contributed by atoms with E-state index in [0.717, 1.165) is 12.8 Å². The summed E-state index contributed by atoms with van der Waals surface area (Å²) in [6.07, 6.45) is 5.39. The maximum atomic E-state index is 12.4. The van der Waals surface area contributed by atoms with Gasteiger partial charge in [0.2, 0.25) is 0 Å². The van der Waals surface area contributed by atoms with Crippen LogP contribution in [0.2, 0.25) is 0 Å². The predicted molar refractivity (Wildman–Crippen MR) is 76.3 cm³/mol. The van der Waals surface area contributed by atoms with Gasteiger partial charge in [-0.05, 0) is 37.7 Å². The first-order chi connectivity index (χ1) is 9.98. The third kappa shape index (κ3) is 3.15. The van der Waals surface area contributed by atoms with E-state index < -0.39 is 17.4 Å². The Kier molecular flexibility index (Phi) is 4.45. The van der Waals surface area contributed by atoms with Crippen molar-refractivity contribution in [1.82, 2.24) is 10.3 Å². The molecule has 0 radical (unpaired) electrons. The van der Waals surface area contributed by atoms with E-state index in [2.05, 4.69) is 17.2 Å². The number of hydrogen-bond donors (Lipinski definition) is 2. The third-order valence-electron chi connectivity index (χ3n) is 4.14. The molecule has 1 saturated carbocycles. The third-order valence-corrected chi connectivity index (χ3v) is 4.14. The van der Waals surface area contributed by atoms with Crippen molar-refractivity contribution in [1.29, 1.82) is 0 Å². The van der Waals surface area contributed by atoms with Gasteiger partial charge in [-0.3, -0.25) is 9.78 Å². The molecule has 0 bridgehead atoms. The topological polar surface area (TPSA) is 88.5 Å². The van der Waals surface area contributed by atoms with Gasteiger partial charge in [0, 0.05) is 6.20 Å². The van der Waals surface area contributed by atoms with Crippen LogP contribution in [0.4, 0.5) is 0 Å². The van der Waals surface area contributed by atoms with Gasteiger partial charge in [0.05, 0.1) is 18.9 Å². The summed E-state index contributed by atoms with van der Waals surface area (Å²) in [6.45, 7) is 2.10. The highest BCUT2D eigenvalue weighted by atomic mass is 16.5. The molecule has 1 aromatic rings. The molecule has 1 amide bonds. The van der Waals surface area contributed by atoms with Crippen LogP contribution in [0.1, 0.15) is 43.0 Å². The van der Waals surface area contributed by atoms with Gasteiger partial charge in [0.1, 0.15) is 11.3 Å². The van der Waals surface area contributed by atoms with E-state index in [1.165, 1.54) is 25.6 Å². The van der Waals surface area contributed by atoms with Crippen LogP contribution in [0.15, 0.2) is 18.5 Å². The molecule has 0 spiro atoms. The van der Waals surface area contributed by atoms with Crippen molar-refractivity contribution >= 4 is 11.9 Å². The maximum Gasteiger partial charge on any atom is 0.329 e. The largest absolute Gasteiger partial charge is 0.494 e. The molecule has 6 nitrogen and oxygen atoms in total. The molecule has 0 aromatic carbocycles. The quantitative estimate of drug-likeness (QED) is 0.884. The van der Waals surface area contributed by atoms with E-state index in [0.29, 0.717) is 30.1 Å². The van der Waals surface area contributed by atoms with E-state index in [1.54, 1.807) is 0 Å². The molecule has 1 aliphatic rings. The highest BCUT2D eigenvalue weighted by molar-refractivity contribution is 5.99. The zero-order valence-electron chi connectivity index (χ0n) is 12.3. The van der Waals surface area contributed by atoms with Crippen molar-refractivity contribution in [3.05, 3.63) is 24.0 Å². The number of amides is 1. The molecule has 0 aliphatic heterocycles. The lowest BCUT2D eigenvalue weighted by Crippen LogP contribution is -2.56. The minimum atomic E-state index is -1.18. The van der Waals surface area contributed by atoms with Crippen molar-refractivity contribution in [2.24, 2.45) is 5.92 Å². The van der Waals surface area contributed by atoms with E-state index in [1.807, 2.05) is 0 Å². The van der Waals surface area contributed by atoms with Crippen LogP contribution in [0, 0.1) is 5.92 Å². The second-order valence-corrected chi connectivity index (χ2v) is 5.60. The summed E-state index contributed by atoms with van der Waals surface area (Å²) in [4.78, 5) is 27.9. The van der Waals surface area contributed by atoms with Gasteiger partial charge in [-0.15, -0.1) is 0 Å². The average Bonchev–Trinajstić information content (AvgIpc) is 2.49. The minimum absolute atomic E-state index is 0.298. The summed E-state index contributed by atoms with van der Waals surface area (Å²) < 4.78 is 5.10. The van der Waals surface area contributed by atoms with Gasteiger partial charge in [0.15, 0.2) is 0 Å². The standard InChI is InChI=1S/C15H20N2O4/c1-10-3-6-15(7-4-10,14(19)20)17-13(18)11-5-8-16-9-12(11)21-2/h5,8-10H,3-4,6-7H2,1-2H3,(H,17,18)(H,19,20). The molecule has 0 unspecified atom stereocenters. The number of methoxy groups -OCH3 is 1. The van der Waals surface area contributed by atoms with Gasteiger partial charge < -0.3 is 15.2 Å². The Morgan fingerprint density at radius 2 is 2.10 bits per heavy atom. The van der Waals surface area contributed by atoms with E-state index >= 15 is 0 Å². The second kappa shape index (κ2) is 6.11. The molecule has 1 aliphatic carbocycles. The number of aliphatic carboxylic acids is 1. The molecule has 1 aromatic heterocycles. The van der Waals surface area contributed by atoms with Crippen LogP contribution in [-0.4, -0.2) is 34.6 Å². The number of carbonyl (C=O) groups is 2. The van der Waals surface area contributed by atoms with Crippen molar-refractivity contribution in [3.63, 3.8) is 0 Å². The van der Waals surface area contributed by atoms with Gasteiger partial charge in [-0.2, -0.15) is 0 Å². The number of hydrogen-bond acceptors (Lipinski definition) is 4. The number of pyridine rings is 1. The molecule has 1 heterocycles. The van der Waals surface area contributed by atoms with Crippen molar-refractivity contribution in [2.75, 3.05) is 7.11 Å². The van der Waals surface area contributed by atoms with Gasteiger partial charge >= 0.3 is 5.97 Å². The SMILES string of the molecule is COc1cnccc1C(=O)NC1(C(=O)O)CCC(C)CC1. The lowest BCUT2D eigenvalue weighted by molar-refractivity contribution is -0.146. The normalized spacial score (nSPS) is 25.1. The summed E-state index contributed by atoms with van der Waals surface area (Å²) in [5, 5.41) is 12.2. The fraction of sp³-hybridized carbons (Fsp3) is 0.533. The van der Waals surface area contributed by atoms with Crippen molar-refractivity contribution < 1.29 is 19.4 Å². The van der Waals surface area contributed by atoms with Gasteiger partial charge in [0.25, 0.3) is 5.91 Å². The smallest absolute Gasteiger partial charge is 0.329 e. The molecule has 0 saturated heterocycles. The summed E-state index contributed by atoms with van der Waals surface area (Å²) in [5.74, 6) is -0.591. The van der Waals surface area contributed by atoms with Crippen LogP contribution in [0.5, 0.6) is 5.75 Å². The highest BCUT2D eigenvalue weighted by Crippen LogP contribution is 2.32. The monoisotopic (exact) mass is 292 g/mol. The number of carboxylic acid groups (broad SMARTS) is 1. The zero-order valence-corrected chi connectivity index (χ0v) is 12.3. The number of nitrogens with one attached hydrogen (secondary N) is 1. The lowest BCUT2D eigenvalue weighted by Gasteiger charge is -2.36. The molecule has 6 heteroatoms. The first kappa shape index (κ1) is 15.3. The minimum Gasteiger partial charge on any atom is -0.494 e. The van der Waals surface area contributed by atoms with Gasteiger partial charge in [-0.25, -0.2) is 4.79 Å². The lowest BCUT2D eigenvalue weighted by atomic mass is 9.77. The average molecular weight is 292 g/mol. The zero-order chi connectivity index (χ0) is 15.5. The van der Waals surface area contributed by atoms with E-state index in [-0.39, 0.29) is 0 Å². The molecule has 2 rings (SSSR count). The number of carboxylic acids is 1. The van der Waals surface area contributed by atoms with Crippen LogP contribution >= 0.6 is 0 Å². The number of carbonyl (C=O) groups excluding carboxylic acids is 1. The number of rotatable bonds is 4. The highest BCUT2D eigenvalue weighted by Gasteiger charge is 2.42. The Bertz CT molecular complexity index is 536. The Morgan fingerprint density at radius 3 is 2.67 bits per heavy atom. The second-order valence-electron chi connectivity index (χ2n) is 5.60. The number of ether oxygens (including phenoxy) is 1. The van der Waals surface area contributed by atoms with Gasteiger partial charge in [-0.1, -0.05) is 6.92 Å². The van der Waals surface area contributed by atoms with E-state index in [4.69, 9.17) is 4.74 Å². The molecular formula is C15H20N2O4. The molecule has 1 fully saturated rings. The number of nitrogens with zero attached hydrogens (tertiary/aromatic N) is 1. The maximum absolute atomic E-state index is 12.4. The Hall–Kier alpha value is -2.11. The Morgan fingerprint density at radius 1 is 1.43 bits per heavy atom. The fourth-order valence-electron chi connectivity index (χ4n) is 2.66. The molecule has 2 N–H and O–H groups in total. The van der Waals surface area contributed by atoms with Crippen LogP contribution in [-0.2, 0) is 4.79 Å². The molecular weight excluding hydrogens is 272 g/mol. The van der Waals surface area contributed by atoms with Crippen LogP contribution in [0.25, 0.3) is 0 Å². The summed E-state index contributed by atoms with van der Waals surface area (Å²) in [6, 6.07) is 1.52. The first-order valence-electron chi connectivity index (χ1n) is 7.02. The predicted octanol–water partition coefficient (Wildman–Crippen LogP) is 1.85. The van der Waals surface area contributed by atoms with Crippen molar-refractivity contribution in [3.8, 4) is 5.75 Å². The Labute approximate surface area is 123 Å². The summed E-state index contributed by atoms with van der Waals surface area (Å²) in [7, 11) is 1.45. The fourth-order valence-corrected chi connectivity index (χ4v) is 2.66. The van der Waals surface area contributed by atoms with Crippen molar-refractivity contribution in [2.45, 2.75) is 38.1 Å². The molecule has 0 atom stereocenters. The van der Waals surface area contributed by atoms with Crippen LogP contribution in [0.3, 0.4) is 0 Å². The Balaban J connectivity index is 2.21. The summed E-state index contributed by atoms with van der Waals surface area (Å²) >= 11 is 0. The molecule has 114 valence electrons. The number of aromatic nitrogens is 1. The van der Waals surface area contributed by atoms with E-state index in [9.17, 15) is 14.7 Å². The summed E-state index contributed by atoms with van der Waals surface area (Å²) in [5.41, 5.74) is -0.885. The first-order valence-corrected chi connectivity index (χ1v) is 7.02. The molecule has 21 heavy (non-hydrogen) atoms. The van der Waals surface area contributed by atoms with Crippen LogP contribution < -0.4 is 10.1 Å².